The molecule has 1 aromatic carbocycles. The molecule has 0 spiro atoms. The van der Waals surface area contributed by atoms with Gasteiger partial charge < -0.3 is 15.2 Å². The average molecular weight is 308 g/mol. The van der Waals surface area contributed by atoms with Crippen molar-refractivity contribution in [1.82, 2.24) is 10.6 Å². The molecule has 0 radical (unpaired) electrons. The number of hydrogen-bond donors (Lipinski definition) is 3. The van der Waals surface area contributed by atoms with Crippen molar-refractivity contribution in [2.75, 3.05) is 13.7 Å². The molecule has 0 aromatic heterocycles. The lowest BCUT2D eigenvalue weighted by Gasteiger charge is -2.19. The van der Waals surface area contributed by atoms with Gasteiger partial charge in [-0.05, 0) is 23.6 Å². The topological polar surface area (TPSA) is 87.7 Å². The lowest BCUT2D eigenvalue weighted by molar-refractivity contribution is -0.140. The monoisotopic (exact) mass is 308 g/mol. The average Bonchev–Trinajstić information content (AvgIpc) is 2.52. The Labute approximate surface area is 130 Å². The van der Waals surface area contributed by atoms with Crippen LogP contribution in [0.25, 0.3) is 0 Å². The van der Waals surface area contributed by atoms with Crippen LogP contribution in [0.15, 0.2) is 24.3 Å². The number of rotatable bonds is 9. The second-order valence-electron chi connectivity index (χ2n) is 5.21. The molecule has 1 amide bonds. The van der Waals surface area contributed by atoms with E-state index in [2.05, 4.69) is 10.6 Å². The van der Waals surface area contributed by atoms with E-state index in [4.69, 9.17) is 9.84 Å². The first-order valence-corrected chi connectivity index (χ1v) is 7.33. The van der Waals surface area contributed by atoms with Crippen molar-refractivity contribution in [1.29, 1.82) is 0 Å². The Morgan fingerprint density at radius 2 is 2.09 bits per heavy atom. The SMILES string of the molecule is CC[C@H](C)[C@H](NCC(=O)NCc1cccc(OC)c1)C(=O)O. The fraction of sp³-hybridized carbons (Fsp3) is 0.500. The van der Waals surface area contributed by atoms with E-state index in [1.807, 2.05) is 38.1 Å². The van der Waals surface area contributed by atoms with E-state index in [9.17, 15) is 9.59 Å². The van der Waals surface area contributed by atoms with Gasteiger partial charge in [-0.2, -0.15) is 0 Å². The summed E-state index contributed by atoms with van der Waals surface area (Å²) in [7, 11) is 1.59. The lowest BCUT2D eigenvalue weighted by Crippen LogP contribution is -2.46. The first-order valence-electron chi connectivity index (χ1n) is 7.33. The summed E-state index contributed by atoms with van der Waals surface area (Å²) in [5.41, 5.74) is 0.921. The summed E-state index contributed by atoms with van der Waals surface area (Å²) in [6.45, 7) is 4.12. The number of hydrogen-bond acceptors (Lipinski definition) is 4. The van der Waals surface area contributed by atoms with Crippen molar-refractivity contribution >= 4 is 11.9 Å². The highest BCUT2D eigenvalue weighted by atomic mass is 16.5. The Hall–Kier alpha value is -2.08. The number of carboxylic acid groups (broad SMARTS) is 1. The van der Waals surface area contributed by atoms with Crippen molar-refractivity contribution in [3.05, 3.63) is 29.8 Å². The van der Waals surface area contributed by atoms with Crippen LogP contribution >= 0.6 is 0 Å². The summed E-state index contributed by atoms with van der Waals surface area (Å²) >= 11 is 0. The summed E-state index contributed by atoms with van der Waals surface area (Å²) in [6, 6.07) is 6.69. The molecule has 122 valence electrons. The second-order valence-corrected chi connectivity index (χ2v) is 5.21. The van der Waals surface area contributed by atoms with Gasteiger partial charge >= 0.3 is 5.97 Å². The van der Waals surface area contributed by atoms with E-state index in [1.165, 1.54) is 0 Å². The molecule has 0 fully saturated rings. The number of aliphatic carboxylic acids is 1. The second kappa shape index (κ2) is 9.04. The van der Waals surface area contributed by atoms with Crippen LogP contribution in [0.2, 0.25) is 0 Å². The number of ether oxygens (including phenoxy) is 1. The van der Waals surface area contributed by atoms with E-state index in [-0.39, 0.29) is 18.4 Å². The van der Waals surface area contributed by atoms with Gasteiger partial charge in [0.25, 0.3) is 0 Å². The number of methoxy groups -OCH3 is 1. The van der Waals surface area contributed by atoms with Crippen molar-refractivity contribution in [2.24, 2.45) is 5.92 Å². The molecule has 0 saturated carbocycles. The summed E-state index contributed by atoms with van der Waals surface area (Å²) < 4.78 is 5.12. The molecule has 6 nitrogen and oxygen atoms in total. The quantitative estimate of drug-likeness (QED) is 0.642. The molecule has 0 aliphatic rings. The number of carbonyl (C=O) groups is 2. The van der Waals surface area contributed by atoms with Gasteiger partial charge in [0.05, 0.1) is 13.7 Å². The van der Waals surface area contributed by atoms with Gasteiger partial charge in [-0.1, -0.05) is 32.4 Å². The van der Waals surface area contributed by atoms with Gasteiger partial charge in [0, 0.05) is 6.54 Å². The van der Waals surface area contributed by atoms with Crippen LogP contribution in [0.3, 0.4) is 0 Å². The molecular formula is C16H24N2O4. The summed E-state index contributed by atoms with van der Waals surface area (Å²) in [6.07, 6.45) is 0.732. The van der Waals surface area contributed by atoms with Crippen LogP contribution in [-0.2, 0) is 16.1 Å². The van der Waals surface area contributed by atoms with E-state index in [1.54, 1.807) is 7.11 Å². The molecule has 1 rings (SSSR count). The zero-order valence-corrected chi connectivity index (χ0v) is 13.3. The Morgan fingerprint density at radius 1 is 1.36 bits per heavy atom. The van der Waals surface area contributed by atoms with Crippen molar-refractivity contribution in [3.8, 4) is 5.75 Å². The van der Waals surface area contributed by atoms with Crippen molar-refractivity contribution < 1.29 is 19.4 Å². The summed E-state index contributed by atoms with van der Waals surface area (Å²) in [5.74, 6) is -0.483. The molecule has 0 heterocycles. The minimum atomic E-state index is -0.935. The van der Waals surface area contributed by atoms with Crippen LogP contribution in [0.4, 0.5) is 0 Å². The molecular weight excluding hydrogens is 284 g/mol. The van der Waals surface area contributed by atoms with Gasteiger partial charge in [-0.3, -0.25) is 14.9 Å². The predicted octanol–water partition coefficient (Wildman–Crippen LogP) is 1.40. The molecule has 2 atom stereocenters. The molecule has 0 bridgehead atoms. The minimum absolute atomic E-state index is 0.0225. The Kier molecular flexibility index (Phi) is 7.39. The largest absolute Gasteiger partial charge is 0.497 e. The van der Waals surface area contributed by atoms with Crippen LogP contribution in [0, 0.1) is 5.92 Å². The van der Waals surface area contributed by atoms with Gasteiger partial charge in [-0.15, -0.1) is 0 Å². The van der Waals surface area contributed by atoms with E-state index < -0.39 is 12.0 Å². The Balaban J connectivity index is 2.44. The van der Waals surface area contributed by atoms with Gasteiger partial charge in [0.15, 0.2) is 0 Å². The standard InChI is InChI=1S/C16H24N2O4/c1-4-11(2)15(16(20)21)18-10-14(19)17-9-12-6-5-7-13(8-12)22-3/h5-8,11,15,18H,4,9-10H2,1-3H3,(H,17,19)(H,20,21)/t11-,15-/m0/s1. The smallest absolute Gasteiger partial charge is 0.320 e. The first kappa shape index (κ1) is 18.0. The zero-order valence-electron chi connectivity index (χ0n) is 13.3. The third-order valence-corrected chi connectivity index (χ3v) is 3.59. The number of carbonyl (C=O) groups excluding carboxylic acids is 1. The summed E-state index contributed by atoms with van der Waals surface area (Å²) in [4.78, 5) is 23.0. The van der Waals surface area contributed by atoms with E-state index in [0.717, 1.165) is 17.7 Å². The lowest BCUT2D eigenvalue weighted by atomic mass is 9.99. The molecule has 0 aliphatic carbocycles. The number of nitrogens with one attached hydrogen (secondary N) is 2. The highest BCUT2D eigenvalue weighted by Gasteiger charge is 2.23. The fourth-order valence-electron chi connectivity index (χ4n) is 2.02. The maximum absolute atomic E-state index is 11.8. The maximum Gasteiger partial charge on any atom is 0.320 e. The van der Waals surface area contributed by atoms with E-state index >= 15 is 0 Å². The van der Waals surface area contributed by atoms with Crippen molar-refractivity contribution in [2.45, 2.75) is 32.9 Å². The molecule has 3 N–H and O–H groups in total. The predicted molar refractivity (Wildman–Crippen MR) is 83.7 cm³/mol. The number of amides is 1. The number of benzene rings is 1. The maximum atomic E-state index is 11.8. The highest BCUT2D eigenvalue weighted by molar-refractivity contribution is 5.80. The van der Waals surface area contributed by atoms with Gasteiger partial charge in [-0.25, -0.2) is 0 Å². The highest BCUT2D eigenvalue weighted by Crippen LogP contribution is 2.12. The minimum Gasteiger partial charge on any atom is -0.497 e. The third-order valence-electron chi connectivity index (χ3n) is 3.59. The Morgan fingerprint density at radius 3 is 2.68 bits per heavy atom. The molecule has 0 unspecified atom stereocenters. The van der Waals surface area contributed by atoms with Gasteiger partial charge in [0.1, 0.15) is 11.8 Å². The number of carboxylic acids is 1. The van der Waals surface area contributed by atoms with Crippen LogP contribution in [0.5, 0.6) is 5.75 Å². The van der Waals surface area contributed by atoms with Crippen LogP contribution < -0.4 is 15.4 Å². The first-order chi connectivity index (χ1) is 10.5. The third kappa shape index (κ3) is 5.73. The molecule has 0 saturated heterocycles. The molecule has 22 heavy (non-hydrogen) atoms. The van der Waals surface area contributed by atoms with Crippen LogP contribution in [-0.4, -0.2) is 36.7 Å². The zero-order chi connectivity index (χ0) is 16.5. The Bertz CT molecular complexity index is 505. The molecule has 1 aromatic rings. The van der Waals surface area contributed by atoms with Crippen LogP contribution in [0.1, 0.15) is 25.8 Å². The fourth-order valence-corrected chi connectivity index (χ4v) is 2.02. The van der Waals surface area contributed by atoms with E-state index in [0.29, 0.717) is 6.54 Å². The molecule has 6 heteroatoms. The summed E-state index contributed by atoms with van der Waals surface area (Å²) in [5, 5.41) is 14.7. The van der Waals surface area contributed by atoms with Crippen molar-refractivity contribution in [3.63, 3.8) is 0 Å². The molecule has 0 aliphatic heterocycles. The van der Waals surface area contributed by atoms with Gasteiger partial charge in [0.2, 0.25) is 5.91 Å². The normalized spacial score (nSPS) is 13.2.